The van der Waals surface area contributed by atoms with Crippen LogP contribution in [0.1, 0.15) is 30.0 Å². The molecule has 0 radical (unpaired) electrons. The van der Waals surface area contributed by atoms with E-state index >= 15 is 0 Å². The van der Waals surface area contributed by atoms with E-state index < -0.39 is 36.2 Å². The molecule has 6 atom stereocenters. The van der Waals surface area contributed by atoms with Crippen molar-refractivity contribution in [3.8, 4) is 5.75 Å². The van der Waals surface area contributed by atoms with Crippen molar-refractivity contribution in [3.63, 3.8) is 0 Å². The van der Waals surface area contributed by atoms with Crippen LogP contribution in [0.5, 0.6) is 5.75 Å². The number of fused-ring (bicyclic) bond motifs is 2. The van der Waals surface area contributed by atoms with Gasteiger partial charge in [-0.15, -0.1) is 0 Å². The molecule has 1 heterocycles. The molecule has 0 spiro atoms. The number of aliphatic hydroxyl groups excluding tert-OH is 1. The number of carbonyl (C=O) groups is 1. The number of carbonyl (C=O) groups excluding carboxylic acids is 1. The Labute approximate surface area is 240 Å². The van der Waals surface area contributed by atoms with E-state index in [4.69, 9.17) is 23.7 Å². The predicted octanol–water partition coefficient (Wildman–Crippen LogP) is 4.30. The van der Waals surface area contributed by atoms with Crippen LogP contribution in [0.3, 0.4) is 0 Å². The minimum atomic E-state index is -1.11. The molecule has 2 N–H and O–H groups in total. The van der Waals surface area contributed by atoms with Crippen molar-refractivity contribution in [1.29, 1.82) is 0 Å². The highest BCUT2D eigenvalue weighted by Crippen LogP contribution is 2.46. The molecule has 2 aliphatic rings. The first kappa shape index (κ1) is 29.0. The molecule has 1 saturated heterocycles. The van der Waals surface area contributed by atoms with Crippen LogP contribution >= 0.6 is 0 Å². The Morgan fingerprint density at radius 2 is 1.41 bits per heavy atom. The molecule has 8 nitrogen and oxygen atoms in total. The molecule has 216 valence electrons. The van der Waals surface area contributed by atoms with Crippen molar-refractivity contribution >= 4 is 5.91 Å². The van der Waals surface area contributed by atoms with Gasteiger partial charge in [-0.25, -0.2) is 0 Å². The number of benzene rings is 3. The SMILES string of the molecule is C=C1C[C@]2(NC(C)=O)[C@H](OCc3ccccc3)[C@@H](OCc3ccc(OC)cc3)O[C@H]([C@@H]1O)[C@H]2OCc1ccccc1. The van der Waals surface area contributed by atoms with Gasteiger partial charge in [0.05, 0.1) is 26.9 Å². The Morgan fingerprint density at radius 1 is 0.878 bits per heavy atom. The smallest absolute Gasteiger partial charge is 0.217 e. The van der Waals surface area contributed by atoms with Gasteiger partial charge in [0.25, 0.3) is 0 Å². The standard InChI is InChI=1S/C33H37NO7/c1-22-18-33(34-23(2)35)30(38-19-24-10-6-4-7-11-24)29(28(22)36)41-32(31(33)39-20-25-12-8-5-9-13-25)40-21-26-14-16-27(37-3)17-15-26/h4-17,28-32,36H,1,18-21H2,2-3H3,(H,34,35)/t28-,29-,30-,31-,32+,33-/m1/s1. The van der Waals surface area contributed by atoms with Crippen molar-refractivity contribution in [2.24, 2.45) is 0 Å². The molecule has 1 aliphatic carbocycles. The molecule has 1 saturated carbocycles. The van der Waals surface area contributed by atoms with Crippen molar-refractivity contribution in [2.75, 3.05) is 7.11 Å². The first-order chi connectivity index (χ1) is 19.9. The van der Waals surface area contributed by atoms with Gasteiger partial charge >= 0.3 is 0 Å². The van der Waals surface area contributed by atoms with Gasteiger partial charge in [-0.3, -0.25) is 4.79 Å². The largest absolute Gasteiger partial charge is 0.497 e. The van der Waals surface area contributed by atoms with Crippen LogP contribution in [-0.4, -0.2) is 54.4 Å². The van der Waals surface area contributed by atoms with Crippen molar-refractivity contribution in [3.05, 3.63) is 114 Å². The molecular formula is C33H37NO7. The fourth-order valence-corrected chi connectivity index (χ4v) is 5.68. The molecule has 1 aliphatic heterocycles. The number of hydrogen-bond acceptors (Lipinski definition) is 7. The fourth-order valence-electron chi connectivity index (χ4n) is 5.68. The Bertz CT molecular complexity index is 1300. The number of aliphatic hydroxyl groups is 1. The highest BCUT2D eigenvalue weighted by molar-refractivity contribution is 5.74. The Morgan fingerprint density at radius 3 is 1.98 bits per heavy atom. The Hall–Kier alpha value is -3.53. The van der Waals surface area contributed by atoms with Crippen LogP contribution in [0.4, 0.5) is 0 Å². The van der Waals surface area contributed by atoms with Gasteiger partial charge in [0, 0.05) is 6.92 Å². The number of rotatable bonds is 11. The van der Waals surface area contributed by atoms with E-state index in [2.05, 4.69) is 11.9 Å². The molecule has 1 amide bonds. The van der Waals surface area contributed by atoms with E-state index in [1.54, 1.807) is 7.11 Å². The van der Waals surface area contributed by atoms with Crippen LogP contribution in [0.2, 0.25) is 0 Å². The summed E-state index contributed by atoms with van der Waals surface area (Å²) in [5, 5.41) is 14.4. The molecule has 0 aromatic heterocycles. The molecule has 5 rings (SSSR count). The summed E-state index contributed by atoms with van der Waals surface area (Å²) in [6, 6.07) is 27.0. The zero-order valence-corrected chi connectivity index (χ0v) is 23.4. The maximum absolute atomic E-state index is 12.8. The lowest BCUT2D eigenvalue weighted by Crippen LogP contribution is -2.78. The number of hydrogen-bond donors (Lipinski definition) is 2. The quantitative estimate of drug-likeness (QED) is 0.338. The van der Waals surface area contributed by atoms with Gasteiger partial charge in [0.1, 0.15) is 35.7 Å². The summed E-state index contributed by atoms with van der Waals surface area (Å²) in [6.07, 6.45) is -4.07. The van der Waals surface area contributed by atoms with Crippen LogP contribution in [-0.2, 0) is 43.6 Å². The van der Waals surface area contributed by atoms with E-state index in [9.17, 15) is 9.90 Å². The number of methoxy groups -OCH3 is 1. The van der Waals surface area contributed by atoms with Gasteiger partial charge in [-0.05, 0) is 40.8 Å². The topological polar surface area (TPSA) is 95.5 Å². The maximum atomic E-state index is 12.8. The van der Waals surface area contributed by atoms with Crippen LogP contribution in [0.15, 0.2) is 97.1 Å². The van der Waals surface area contributed by atoms with E-state index in [0.717, 1.165) is 22.4 Å². The molecule has 3 aromatic carbocycles. The molecule has 41 heavy (non-hydrogen) atoms. The van der Waals surface area contributed by atoms with Gasteiger partial charge < -0.3 is 34.1 Å². The maximum Gasteiger partial charge on any atom is 0.217 e. The molecule has 3 aromatic rings. The van der Waals surface area contributed by atoms with Crippen LogP contribution in [0.25, 0.3) is 0 Å². The minimum Gasteiger partial charge on any atom is -0.497 e. The van der Waals surface area contributed by atoms with E-state index in [1.807, 2.05) is 84.9 Å². The third-order valence-corrected chi connectivity index (χ3v) is 7.63. The average molecular weight is 560 g/mol. The van der Waals surface area contributed by atoms with E-state index in [-0.39, 0.29) is 32.1 Å². The monoisotopic (exact) mass is 559 g/mol. The molecule has 2 fully saturated rings. The lowest BCUT2D eigenvalue weighted by atomic mass is 9.68. The first-order valence-corrected chi connectivity index (χ1v) is 13.7. The number of nitrogens with one attached hydrogen (secondary N) is 1. The lowest BCUT2D eigenvalue weighted by molar-refractivity contribution is -0.333. The predicted molar refractivity (Wildman–Crippen MR) is 153 cm³/mol. The second-order valence-electron chi connectivity index (χ2n) is 10.6. The zero-order chi connectivity index (χ0) is 28.8. The highest BCUT2D eigenvalue weighted by Gasteiger charge is 2.64. The van der Waals surface area contributed by atoms with E-state index in [0.29, 0.717) is 5.57 Å². The van der Waals surface area contributed by atoms with Crippen molar-refractivity contribution < 1.29 is 33.6 Å². The molecule has 2 bridgehead atoms. The lowest BCUT2D eigenvalue weighted by Gasteiger charge is -2.58. The first-order valence-electron chi connectivity index (χ1n) is 13.7. The van der Waals surface area contributed by atoms with Gasteiger partial charge in [0.2, 0.25) is 5.91 Å². The second-order valence-corrected chi connectivity index (χ2v) is 10.6. The molecular weight excluding hydrogens is 522 g/mol. The highest BCUT2D eigenvalue weighted by atomic mass is 16.7. The van der Waals surface area contributed by atoms with Crippen molar-refractivity contribution in [2.45, 2.75) is 69.4 Å². The minimum absolute atomic E-state index is 0.218. The van der Waals surface area contributed by atoms with Gasteiger partial charge in [0.15, 0.2) is 6.29 Å². The van der Waals surface area contributed by atoms with Crippen LogP contribution < -0.4 is 10.1 Å². The Balaban J connectivity index is 1.49. The van der Waals surface area contributed by atoms with E-state index in [1.165, 1.54) is 6.92 Å². The van der Waals surface area contributed by atoms with Gasteiger partial charge in [-0.1, -0.05) is 79.4 Å². The van der Waals surface area contributed by atoms with Crippen LogP contribution in [0, 0.1) is 0 Å². The summed E-state index contributed by atoms with van der Waals surface area (Å²) >= 11 is 0. The number of amides is 1. The fraction of sp³-hybridized carbons (Fsp3) is 0.364. The summed E-state index contributed by atoms with van der Waals surface area (Å²) in [6.45, 7) is 6.32. The summed E-state index contributed by atoms with van der Waals surface area (Å²) in [5.41, 5.74) is 2.24. The third kappa shape index (κ3) is 6.53. The average Bonchev–Trinajstić information content (AvgIpc) is 2.98. The van der Waals surface area contributed by atoms with Crippen molar-refractivity contribution in [1.82, 2.24) is 5.32 Å². The van der Waals surface area contributed by atoms with Gasteiger partial charge in [-0.2, -0.15) is 0 Å². The normalized spacial score (nSPS) is 27.3. The molecule has 8 heteroatoms. The summed E-state index contributed by atoms with van der Waals surface area (Å²) in [5.74, 6) is 0.483. The Kier molecular flexibility index (Phi) is 9.17. The summed E-state index contributed by atoms with van der Waals surface area (Å²) < 4.78 is 31.1. The third-order valence-electron chi connectivity index (χ3n) is 7.63. The second kappa shape index (κ2) is 13.0. The molecule has 0 unspecified atom stereocenters. The summed E-state index contributed by atoms with van der Waals surface area (Å²) in [4.78, 5) is 12.8. The summed E-state index contributed by atoms with van der Waals surface area (Å²) in [7, 11) is 1.62. The zero-order valence-electron chi connectivity index (χ0n) is 23.4. The number of ether oxygens (including phenoxy) is 5.